The van der Waals surface area contributed by atoms with Crippen LogP contribution in [0.15, 0.2) is 42.5 Å². The number of nitrogens with zero attached hydrogens (tertiary/aromatic N) is 3. The van der Waals surface area contributed by atoms with E-state index < -0.39 is 17.5 Å². The van der Waals surface area contributed by atoms with Gasteiger partial charge in [0.15, 0.2) is 0 Å². The van der Waals surface area contributed by atoms with Crippen molar-refractivity contribution in [2.45, 2.75) is 25.3 Å². The molecule has 3 aliphatic rings. The maximum atomic E-state index is 13.3. The van der Waals surface area contributed by atoms with Crippen molar-refractivity contribution in [2.75, 3.05) is 49.5 Å². The van der Waals surface area contributed by atoms with Gasteiger partial charge in [-0.1, -0.05) is 42.8 Å². The quantitative estimate of drug-likeness (QED) is 0.641. The Hall–Kier alpha value is -3.10. The van der Waals surface area contributed by atoms with Crippen molar-refractivity contribution in [2.24, 2.45) is 0 Å². The first kappa shape index (κ1) is 22.7. The summed E-state index contributed by atoms with van der Waals surface area (Å²) in [5, 5.41) is 6.25. The lowest BCUT2D eigenvalue weighted by Gasteiger charge is -2.36. The summed E-state index contributed by atoms with van der Waals surface area (Å²) in [6.45, 7) is 6.37. The molecule has 2 aromatic rings. The molecule has 178 valence electrons. The SMILES string of the molecule is CCN1CCN(c2ccc(Cl)cc2NC(=O)CN2C(=O)NC3(CCc4ccccc43)C2=O)CC1. The lowest BCUT2D eigenvalue weighted by atomic mass is 9.92. The number of rotatable bonds is 5. The van der Waals surface area contributed by atoms with Crippen molar-refractivity contribution in [3.05, 3.63) is 58.6 Å². The average molecular weight is 482 g/mol. The number of amides is 4. The molecule has 2 saturated heterocycles. The van der Waals surface area contributed by atoms with Crippen molar-refractivity contribution < 1.29 is 14.4 Å². The van der Waals surface area contributed by atoms with Crippen LogP contribution in [0.1, 0.15) is 24.5 Å². The minimum Gasteiger partial charge on any atom is -0.367 e. The normalized spacial score (nSPS) is 22.3. The van der Waals surface area contributed by atoms with Gasteiger partial charge in [-0.05, 0) is 48.7 Å². The molecule has 2 aliphatic heterocycles. The summed E-state index contributed by atoms with van der Waals surface area (Å²) in [6.07, 6.45) is 1.20. The highest BCUT2D eigenvalue weighted by molar-refractivity contribution is 6.31. The van der Waals surface area contributed by atoms with E-state index in [1.54, 1.807) is 12.1 Å². The highest BCUT2D eigenvalue weighted by Gasteiger charge is 2.55. The maximum absolute atomic E-state index is 13.3. The van der Waals surface area contributed by atoms with Crippen LogP contribution in [0.2, 0.25) is 5.02 Å². The lowest BCUT2D eigenvalue weighted by Crippen LogP contribution is -2.46. The third kappa shape index (κ3) is 3.91. The molecular formula is C25H28ClN5O3. The number of hydrogen-bond acceptors (Lipinski definition) is 5. The Labute approximate surface area is 203 Å². The summed E-state index contributed by atoms with van der Waals surface area (Å²) in [5.74, 6) is -0.817. The van der Waals surface area contributed by atoms with E-state index in [9.17, 15) is 14.4 Å². The third-order valence-electron chi connectivity index (χ3n) is 7.12. The van der Waals surface area contributed by atoms with Crippen molar-refractivity contribution in [3.8, 4) is 0 Å². The van der Waals surface area contributed by atoms with Gasteiger partial charge in [0, 0.05) is 31.2 Å². The Morgan fingerprint density at radius 3 is 2.65 bits per heavy atom. The molecule has 2 fully saturated rings. The molecular weight excluding hydrogens is 454 g/mol. The van der Waals surface area contributed by atoms with Crippen LogP contribution in [0.4, 0.5) is 16.2 Å². The van der Waals surface area contributed by atoms with E-state index in [1.165, 1.54) is 0 Å². The van der Waals surface area contributed by atoms with Gasteiger partial charge in [-0.3, -0.25) is 14.5 Å². The highest BCUT2D eigenvalue weighted by atomic mass is 35.5. The Morgan fingerprint density at radius 1 is 1.12 bits per heavy atom. The second-order valence-electron chi connectivity index (χ2n) is 9.01. The van der Waals surface area contributed by atoms with Gasteiger partial charge in [-0.15, -0.1) is 0 Å². The molecule has 1 aliphatic carbocycles. The number of halogens is 1. The second-order valence-corrected chi connectivity index (χ2v) is 9.45. The summed E-state index contributed by atoms with van der Waals surface area (Å²) in [4.78, 5) is 44.7. The largest absolute Gasteiger partial charge is 0.367 e. The van der Waals surface area contributed by atoms with Gasteiger partial charge in [0.05, 0.1) is 11.4 Å². The van der Waals surface area contributed by atoms with E-state index >= 15 is 0 Å². The van der Waals surface area contributed by atoms with Crippen molar-refractivity contribution in [1.29, 1.82) is 0 Å². The van der Waals surface area contributed by atoms with Crippen molar-refractivity contribution >= 4 is 40.8 Å². The molecule has 2 N–H and O–H groups in total. The smallest absolute Gasteiger partial charge is 0.325 e. The molecule has 2 heterocycles. The predicted molar refractivity (Wildman–Crippen MR) is 131 cm³/mol. The van der Waals surface area contributed by atoms with Crippen LogP contribution in [-0.2, 0) is 21.5 Å². The molecule has 0 radical (unpaired) electrons. The number of nitrogens with one attached hydrogen (secondary N) is 2. The number of likely N-dealkylation sites (N-methyl/N-ethyl adjacent to an activating group) is 1. The minimum atomic E-state index is -1.08. The number of carbonyl (C=O) groups is 3. The van der Waals surface area contributed by atoms with Gasteiger partial charge in [0.25, 0.3) is 5.91 Å². The molecule has 1 unspecified atom stereocenters. The summed E-state index contributed by atoms with van der Waals surface area (Å²) >= 11 is 6.22. The number of imide groups is 1. The summed E-state index contributed by atoms with van der Waals surface area (Å²) in [5.41, 5.74) is 2.25. The van der Waals surface area contributed by atoms with Gasteiger partial charge < -0.3 is 20.4 Å². The van der Waals surface area contributed by atoms with E-state index in [0.29, 0.717) is 23.6 Å². The van der Waals surface area contributed by atoms with Crippen molar-refractivity contribution in [3.63, 3.8) is 0 Å². The second kappa shape index (κ2) is 8.92. The summed E-state index contributed by atoms with van der Waals surface area (Å²) < 4.78 is 0. The molecule has 4 amide bonds. The van der Waals surface area contributed by atoms with E-state index in [4.69, 9.17) is 11.6 Å². The minimum absolute atomic E-state index is 0.357. The topological polar surface area (TPSA) is 85.0 Å². The summed E-state index contributed by atoms with van der Waals surface area (Å²) in [6, 6.07) is 12.5. The molecule has 8 nitrogen and oxygen atoms in total. The third-order valence-corrected chi connectivity index (χ3v) is 7.35. The molecule has 1 spiro atoms. The number of fused-ring (bicyclic) bond motifs is 2. The number of aryl methyl sites for hydroxylation is 1. The number of hydrogen-bond donors (Lipinski definition) is 2. The fraction of sp³-hybridized carbons (Fsp3) is 0.400. The fourth-order valence-corrected chi connectivity index (χ4v) is 5.43. The first-order valence-corrected chi connectivity index (χ1v) is 12.1. The lowest BCUT2D eigenvalue weighted by molar-refractivity contribution is -0.134. The zero-order chi connectivity index (χ0) is 23.9. The number of piperazine rings is 1. The van der Waals surface area contributed by atoms with Crippen molar-refractivity contribution in [1.82, 2.24) is 15.1 Å². The van der Waals surface area contributed by atoms with Crippen LogP contribution in [0.25, 0.3) is 0 Å². The molecule has 1 atom stereocenters. The van der Waals surface area contributed by atoms with Crippen LogP contribution >= 0.6 is 11.6 Å². The first-order valence-electron chi connectivity index (χ1n) is 11.7. The number of anilines is 2. The number of benzene rings is 2. The predicted octanol–water partition coefficient (Wildman–Crippen LogP) is 2.81. The van der Waals surface area contributed by atoms with Gasteiger partial charge in [0.1, 0.15) is 12.1 Å². The van der Waals surface area contributed by atoms with Crippen LogP contribution in [0, 0.1) is 0 Å². The molecule has 5 rings (SSSR count). The van der Waals surface area contributed by atoms with E-state index in [1.807, 2.05) is 30.3 Å². The molecule has 0 bridgehead atoms. The molecule has 34 heavy (non-hydrogen) atoms. The van der Waals surface area contributed by atoms with Gasteiger partial charge >= 0.3 is 6.03 Å². The van der Waals surface area contributed by atoms with Gasteiger partial charge in [-0.25, -0.2) is 4.79 Å². The Balaban J connectivity index is 1.31. The fourth-order valence-electron chi connectivity index (χ4n) is 5.26. The monoisotopic (exact) mass is 481 g/mol. The highest BCUT2D eigenvalue weighted by Crippen LogP contribution is 2.41. The zero-order valence-electron chi connectivity index (χ0n) is 19.1. The standard InChI is InChI=1S/C25H28ClN5O3/c1-2-29-11-13-30(14-12-29)21-8-7-18(26)15-20(21)27-22(32)16-31-23(33)25(28-24(31)34)10-9-17-5-3-4-6-19(17)25/h3-8,15H,2,9-14,16H2,1H3,(H,27,32)(H,28,34). The van der Waals surface area contributed by atoms with Gasteiger partial charge in [-0.2, -0.15) is 0 Å². The average Bonchev–Trinajstić information content (AvgIpc) is 3.32. The van der Waals surface area contributed by atoms with Crippen LogP contribution < -0.4 is 15.5 Å². The molecule has 0 aromatic heterocycles. The van der Waals surface area contributed by atoms with Gasteiger partial charge in [0.2, 0.25) is 5.91 Å². The summed E-state index contributed by atoms with van der Waals surface area (Å²) in [7, 11) is 0. The first-order chi connectivity index (χ1) is 16.4. The molecule has 0 saturated carbocycles. The Kier molecular flexibility index (Phi) is 5.95. The molecule has 2 aromatic carbocycles. The molecule has 9 heteroatoms. The van der Waals surface area contributed by atoms with Crippen LogP contribution in [-0.4, -0.2) is 66.9 Å². The Morgan fingerprint density at radius 2 is 1.88 bits per heavy atom. The Bertz CT molecular complexity index is 1150. The number of urea groups is 1. The van der Waals surface area contributed by atoms with Crippen LogP contribution in [0.5, 0.6) is 0 Å². The maximum Gasteiger partial charge on any atom is 0.325 e. The zero-order valence-corrected chi connectivity index (χ0v) is 19.9. The van der Waals surface area contributed by atoms with Crippen LogP contribution in [0.3, 0.4) is 0 Å². The van der Waals surface area contributed by atoms with E-state index in [2.05, 4.69) is 27.4 Å². The van der Waals surface area contributed by atoms with E-state index in [-0.39, 0.29) is 12.5 Å². The van der Waals surface area contributed by atoms with E-state index in [0.717, 1.165) is 54.4 Å². The number of carbonyl (C=O) groups excluding carboxylic acids is 3.